The standard InChI is InChI=1S/C16H23FN2O2.ClH/c1-2-13(21-15-8-4-3-7-14(15)17)11-19-16(20)12-6-5-9-18-10-12;/h3-4,7-8,12-13,18H,2,5-6,9-11H2,1H3,(H,19,20);1H. The summed E-state index contributed by atoms with van der Waals surface area (Å²) in [6.45, 7) is 4.08. The summed E-state index contributed by atoms with van der Waals surface area (Å²) < 4.78 is 19.2. The van der Waals surface area contributed by atoms with E-state index in [2.05, 4.69) is 10.6 Å². The van der Waals surface area contributed by atoms with E-state index < -0.39 is 0 Å². The average Bonchev–Trinajstić information content (AvgIpc) is 2.53. The van der Waals surface area contributed by atoms with Gasteiger partial charge in [-0.15, -0.1) is 12.4 Å². The van der Waals surface area contributed by atoms with E-state index in [1.54, 1.807) is 18.2 Å². The van der Waals surface area contributed by atoms with Crippen LogP contribution in [-0.2, 0) is 4.79 Å². The minimum absolute atomic E-state index is 0. The lowest BCUT2D eigenvalue weighted by molar-refractivity contribution is -0.125. The van der Waals surface area contributed by atoms with Gasteiger partial charge < -0.3 is 15.4 Å². The van der Waals surface area contributed by atoms with E-state index in [9.17, 15) is 9.18 Å². The molecule has 0 radical (unpaired) electrons. The first kappa shape index (κ1) is 18.7. The third-order valence-electron chi connectivity index (χ3n) is 3.76. The molecule has 0 spiro atoms. The Labute approximate surface area is 137 Å². The molecule has 0 bridgehead atoms. The maximum Gasteiger partial charge on any atom is 0.224 e. The second kappa shape index (κ2) is 9.64. The Kier molecular flexibility index (Phi) is 8.20. The first-order valence-electron chi connectivity index (χ1n) is 7.60. The smallest absolute Gasteiger partial charge is 0.224 e. The molecule has 1 aliphatic rings. The fraction of sp³-hybridized carbons (Fsp3) is 0.562. The lowest BCUT2D eigenvalue weighted by Gasteiger charge is -2.24. The molecule has 2 unspecified atom stereocenters. The zero-order chi connectivity index (χ0) is 15.1. The van der Waals surface area contributed by atoms with E-state index >= 15 is 0 Å². The monoisotopic (exact) mass is 330 g/mol. The van der Waals surface area contributed by atoms with Crippen LogP contribution >= 0.6 is 12.4 Å². The van der Waals surface area contributed by atoms with Crippen LogP contribution < -0.4 is 15.4 Å². The van der Waals surface area contributed by atoms with Gasteiger partial charge >= 0.3 is 0 Å². The molecule has 6 heteroatoms. The summed E-state index contributed by atoms with van der Waals surface area (Å²) in [6, 6.07) is 6.33. The first-order chi connectivity index (χ1) is 10.2. The Morgan fingerprint density at radius 1 is 1.50 bits per heavy atom. The summed E-state index contributed by atoms with van der Waals surface area (Å²) in [5.41, 5.74) is 0. The van der Waals surface area contributed by atoms with Crippen molar-refractivity contribution in [1.29, 1.82) is 0 Å². The number of piperidine rings is 1. The highest BCUT2D eigenvalue weighted by Crippen LogP contribution is 2.18. The van der Waals surface area contributed by atoms with E-state index in [0.29, 0.717) is 13.0 Å². The van der Waals surface area contributed by atoms with Gasteiger partial charge in [-0.1, -0.05) is 19.1 Å². The molecule has 0 aromatic heterocycles. The number of halogens is 2. The van der Waals surface area contributed by atoms with Crippen molar-refractivity contribution < 1.29 is 13.9 Å². The van der Waals surface area contributed by atoms with Crippen molar-refractivity contribution in [2.75, 3.05) is 19.6 Å². The second-order valence-electron chi connectivity index (χ2n) is 5.37. The zero-order valence-electron chi connectivity index (χ0n) is 12.8. The van der Waals surface area contributed by atoms with E-state index in [1.165, 1.54) is 6.07 Å². The Hall–Kier alpha value is -1.33. The highest BCUT2D eigenvalue weighted by atomic mass is 35.5. The molecule has 1 aromatic carbocycles. The summed E-state index contributed by atoms with van der Waals surface area (Å²) in [4.78, 5) is 12.1. The van der Waals surface area contributed by atoms with Gasteiger partial charge in [-0.3, -0.25) is 4.79 Å². The number of para-hydroxylation sites is 1. The molecule has 0 saturated carbocycles. The number of benzene rings is 1. The van der Waals surface area contributed by atoms with E-state index in [1.807, 2.05) is 6.92 Å². The molecule has 2 rings (SSSR count). The number of ether oxygens (including phenoxy) is 1. The van der Waals surface area contributed by atoms with E-state index in [0.717, 1.165) is 25.9 Å². The van der Waals surface area contributed by atoms with Gasteiger partial charge in [-0.05, 0) is 37.9 Å². The molecule has 4 nitrogen and oxygen atoms in total. The number of hydrogen-bond donors (Lipinski definition) is 2. The number of rotatable bonds is 6. The molecule has 1 aliphatic heterocycles. The van der Waals surface area contributed by atoms with Crippen LogP contribution in [0, 0.1) is 11.7 Å². The minimum atomic E-state index is -0.376. The molecule has 22 heavy (non-hydrogen) atoms. The van der Waals surface area contributed by atoms with Gasteiger partial charge in [0, 0.05) is 6.54 Å². The van der Waals surface area contributed by atoms with Crippen molar-refractivity contribution in [2.45, 2.75) is 32.3 Å². The van der Waals surface area contributed by atoms with Gasteiger partial charge in [0.15, 0.2) is 11.6 Å². The number of carbonyl (C=O) groups excluding carboxylic acids is 1. The van der Waals surface area contributed by atoms with Gasteiger partial charge in [0.25, 0.3) is 0 Å². The lowest BCUT2D eigenvalue weighted by Crippen LogP contribution is -2.43. The van der Waals surface area contributed by atoms with Crippen molar-refractivity contribution in [2.24, 2.45) is 5.92 Å². The normalized spacial score (nSPS) is 18.9. The maximum absolute atomic E-state index is 13.6. The molecule has 1 amide bonds. The molecule has 1 saturated heterocycles. The van der Waals surface area contributed by atoms with Gasteiger partial charge in [-0.25, -0.2) is 4.39 Å². The average molecular weight is 331 g/mol. The minimum Gasteiger partial charge on any atom is -0.486 e. The highest BCUT2D eigenvalue weighted by Gasteiger charge is 2.21. The van der Waals surface area contributed by atoms with Gasteiger partial charge in [0.05, 0.1) is 12.5 Å². The number of carbonyl (C=O) groups is 1. The molecular weight excluding hydrogens is 307 g/mol. The largest absolute Gasteiger partial charge is 0.486 e. The van der Waals surface area contributed by atoms with Crippen LogP contribution in [0.15, 0.2) is 24.3 Å². The second-order valence-corrected chi connectivity index (χ2v) is 5.37. The van der Waals surface area contributed by atoms with Gasteiger partial charge in [0.1, 0.15) is 6.10 Å². The summed E-state index contributed by atoms with van der Waals surface area (Å²) >= 11 is 0. The third-order valence-corrected chi connectivity index (χ3v) is 3.76. The molecule has 124 valence electrons. The van der Waals surface area contributed by atoms with Crippen LogP contribution in [0.5, 0.6) is 5.75 Å². The van der Waals surface area contributed by atoms with Crippen LogP contribution in [0.2, 0.25) is 0 Å². The summed E-state index contributed by atoms with van der Waals surface area (Å²) in [5.74, 6) is -0.0563. The predicted octanol–water partition coefficient (Wildman–Crippen LogP) is 2.52. The van der Waals surface area contributed by atoms with Crippen molar-refractivity contribution >= 4 is 18.3 Å². The number of nitrogens with one attached hydrogen (secondary N) is 2. The third kappa shape index (κ3) is 5.46. The van der Waals surface area contributed by atoms with E-state index in [4.69, 9.17) is 4.74 Å². The first-order valence-corrected chi connectivity index (χ1v) is 7.60. The molecule has 0 aliphatic carbocycles. The topological polar surface area (TPSA) is 50.4 Å². The molecule has 2 atom stereocenters. The van der Waals surface area contributed by atoms with Crippen LogP contribution in [0.25, 0.3) is 0 Å². The zero-order valence-corrected chi connectivity index (χ0v) is 13.6. The SMILES string of the molecule is CCC(CNC(=O)C1CCCNC1)Oc1ccccc1F.Cl. The van der Waals surface area contributed by atoms with E-state index in [-0.39, 0.29) is 41.9 Å². The van der Waals surface area contributed by atoms with Crippen LogP contribution in [0.3, 0.4) is 0 Å². The Balaban J connectivity index is 0.00000242. The summed E-state index contributed by atoms with van der Waals surface area (Å²) in [6.07, 6.45) is 2.44. The molecular formula is C16H24ClFN2O2. The Morgan fingerprint density at radius 2 is 2.27 bits per heavy atom. The summed E-state index contributed by atoms with van der Waals surface area (Å²) in [5, 5.41) is 6.14. The van der Waals surface area contributed by atoms with Crippen LogP contribution in [0.4, 0.5) is 4.39 Å². The molecule has 2 N–H and O–H groups in total. The van der Waals surface area contributed by atoms with Crippen molar-refractivity contribution in [3.05, 3.63) is 30.1 Å². The lowest BCUT2D eigenvalue weighted by atomic mass is 9.99. The number of amides is 1. The quantitative estimate of drug-likeness (QED) is 0.842. The highest BCUT2D eigenvalue weighted by molar-refractivity contribution is 5.85. The van der Waals surface area contributed by atoms with Crippen LogP contribution in [0.1, 0.15) is 26.2 Å². The van der Waals surface area contributed by atoms with Crippen LogP contribution in [-0.4, -0.2) is 31.6 Å². The Morgan fingerprint density at radius 3 is 2.91 bits per heavy atom. The van der Waals surface area contributed by atoms with Gasteiger partial charge in [0.2, 0.25) is 5.91 Å². The molecule has 1 heterocycles. The predicted molar refractivity (Wildman–Crippen MR) is 87.0 cm³/mol. The van der Waals surface area contributed by atoms with Crippen molar-refractivity contribution in [3.63, 3.8) is 0 Å². The van der Waals surface area contributed by atoms with Gasteiger partial charge in [-0.2, -0.15) is 0 Å². The summed E-state index contributed by atoms with van der Waals surface area (Å²) in [7, 11) is 0. The fourth-order valence-electron chi connectivity index (χ4n) is 2.42. The maximum atomic E-state index is 13.6. The molecule has 1 aromatic rings. The van der Waals surface area contributed by atoms with Crippen molar-refractivity contribution in [1.82, 2.24) is 10.6 Å². The number of hydrogen-bond acceptors (Lipinski definition) is 3. The fourth-order valence-corrected chi connectivity index (χ4v) is 2.42. The van der Waals surface area contributed by atoms with Crippen molar-refractivity contribution in [3.8, 4) is 5.75 Å². The Bertz CT molecular complexity index is 467. The molecule has 1 fully saturated rings.